The largest absolute Gasteiger partial charge is 0.327 e. The maximum absolute atomic E-state index is 6.00. The lowest BCUT2D eigenvalue weighted by Gasteiger charge is -2.08. The van der Waals surface area contributed by atoms with Gasteiger partial charge in [-0.3, -0.25) is 4.40 Å². The van der Waals surface area contributed by atoms with Crippen LogP contribution in [0.15, 0.2) is 16.6 Å². The highest BCUT2D eigenvalue weighted by atomic mass is 32.2. The van der Waals surface area contributed by atoms with E-state index >= 15 is 0 Å². The molecule has 2 aromatic heterocycles. The second kappa shape index (κ2) is 4.55. The SMILES string of the molecule is CCC(N)Cc1c(SC)nc2sccn12. The Morgan fingerprint density at radius 3 is 3.13 bits per heavy atom. The molecule has 1 unspecified atom stereocenters. The van der Waals surface area contributed by atoms with Crippen LogP contribution >= 0.6 is 23.1 Å². The van der Waals surface area contributed by atoms with Gasteiger partial charge in [-0.1, -0.05) is 6.92 Å². The van der Waals surface area contributed by atoms with Crippen LogP contribution in [0.1, 0.15) is 19.0 Å². The van der Waals surface area contributed by atoms with Crippen molar-refractivity contribution in [3.05, 3.63) is 17.3 Å². The fourth-order valence-electron chi connectivity index (χ4n) is 1.55. The number of hydrogen-bond acceptors (Lipinski definition) is 4. The third kappa shape index (κ3) is 2.04. The van der Waals surface area contributed by atoms with Gasteiger partial charge in [0.25, 0.3) is 0 Å². The highest BCUT2D eigenvalue weighted by molar-refractivity contribution is 7.98. The van der Waals surface area contributed by atoms with Crippen molar-refractivity contribution in [1.82, 2.24) is 9.38 Å². The highest BCUT2D eigenvalue weighted by Gasteiger charge is 2.14. The first-order chi connectivity index (χ1) is 7.26. The summed E-state index contributed by atoms with van der Waals surface area (Å²) in [6.07, 6.45) is 6.05. The van der Waals surface area contributed by atoms with Gasteiger partial charge in [-0.15, -0.1) is 23.1 Å². The number of thioether (sulfide) groups is 1. The summed E-state index contributed by atoms with van der Waals surface area (Å²) in [6, 6.07) is 0.232. The quantitative estimate of drug-likeness (QED) is 0.836. The van der Waals surface area contributed by atoms with E-state index in [0.717, 1.165) is 22.8 Å². The summed E-state index contributed by atoms with van der Waals surface area (Å²) in [5.41, 5.74) is 7.26. The van der Waals surface area contributed by atoms with E-state index in [1.54, 1.807) is 23.1 Å². The summed E-state index contributed by atoms with van der Waals surface area (Å²) < 4.78 is 2.16. The molecule has 0 spiro atoms. The fourth-order valence-corrected chi connectivity index (χ4v) is 2.94. The van der Waals surface area contributed by atoms with Gasteiger partial charge < -0.3 is 5.73 Å². The molecule has 0 aliphatic carbocycles. The molecule has 0 saturated heterocycles. The van der Waals surface area contributed by atoms with E-state index < -0.39 is 0 Å². The van der Waals surface area contributed by atoms with Crippen LogP contribution in [0.4, 0.5) is 0 Å². The number of imidazole rings is 1. The second-order valence-corrected chi connectivity index (χ2v) is 5.16. The van der Waals surface area contributed by atoms with Crippen molar-refractivity contribution in [1.29, 1.82) is 0 Å². The average molecular weight is 241 g/mol. The van der Waals surface area contributed by atoms with Gasteiger partial charge in [0.1, 0.15) is 5.03 Å². The molecule has 0 bridgehead atoms. The van der Waals surface area contributed by atoms with E-state index in [1.807, 2.05) is 0 Å². The van der Waals surface area contributed by atoms with Crippen LogP contribution in [-0.4, -0.2) is 21.7 Å². The van der Waals surface area contributed by atoms with Crippen molar-refractivity contribution in [2.75, 3.05) is 6.26 Å². The van der Waals surface area contributed by atoms with Gasteiger partial charge in [0, 0.05) is 24.0 Å². The lowest BCUT2D eigenvalue weighted by atomic mass is 10.1. The maximum Gasteiger partial charge on any atom is 0.194 e. The van der Waals surface area contributed by atoms with Crippen molar-refractivity contribution < 1.29 is 0 Å². The van der Waals surface area contributed by atoms with Crippen LogP contribution in [-0.2, 0) is 6.42 Å². The fraction of sp³-hybridized carbons (Fsp3) is 0.500. The van der Waals surface area contributed by atoms with Gasteiger partial charge in [-0.05, 0) is 12.7 Å². The van der Waals surface area contributed by atoms with Crippen LogP contribution in [0.3, 0.4) is 0 Å². The summed E-state index contributed by atoms with van der Waals surface area (Å²) in [6.45, 7) is 2.12. The van der Waals surface area contributed by atoms with E-state index in [9.17, 15) is 0 Å². The maximum atomic E-state index is 6.00. The van der Waals surface area contributed by atoms with Crippen LogP contribution in [0.5, 0.6) is 0 Å². The van der Waals surface area contributed by atoms with E-state index in [0.29, 0.717) is 0 Å². The second-order valence-electron chi connectivity index (χ2n) is 3.50. The molecule has 0 fully saturated rings. The van der Waals surface area contributed by atoms with Crippen LogP contribution in [0, 0.1) is 0 Å². The zero-order chi connectivity index (χ0) is 10.8. The number of rotatable bonds is 4. The molecule has 3 nitrogen and oxygen atoms in total. The Kier molecular flexibility index (Phi) is 3.33. The number of aromatic nitrogens is 2. The number of thiazole rings is 1. The molecular weight excluding hydrogens is 226 g/mol. The molecule has 5 heteroatoms. The van der Waals surface area contributed by atoms with E-state index in [1.165, 1.54) is 5.69 Å². The molecule has 0 amide bonds. The Morgan fingerprint density at radius 1 is 1.67 bits per heavy atom. The Hall–Kier alpha value is -0.520. The Morgan fingerprint density at radius 2 is 2.47 bits per heavy atom. The summed E-state index contributed by atoms with van der Waals surface area (Å²) in [5.74, 6) is 0. The van der Waals surface area contributed by atoms with E-state index in [4.69, 9.17) is 5.73 Å². The minimum atomic E-state index is 0.232. The van der Waals surface area contributed by atoms with Crippen LogP contribution in [0.2, 0.25) is 0 Å². The zero-order valence-electron chi connectivity index (χ0n) is 8.93. The summed E-state index contributed by atoms with van der Waals surface area (Å²) >= 11 is 3.37. The van der Waals surface area contributed by atoms with E-state index in [-0.39, 0.29) is 6.04 Å². The third-order valence-corrected chi connectivity index (χ3v) is 3.97. The standard InChI is InChI=1S/C10H15N3S2/c1-3-7(11)6-8-9(14-2)12-10-13(8)4-5-15-10/h4-5,7H,3,6,11H2,1-2H3. The highest BCUT2D eigenvalue weighted by Crippen LogP contribution is 2.25. The molecule has 0 aliphatic heterocycles. The summed E-state index contributed by atoms with van der Waals surface area (Å²) in [4.78, 5) is 5.63. The van der Waals surface area contributed by atoms with Crippen molar-refractivity contribution in [3.63, 3.8) is 0 Å². The van der Waals surface area contributed by atoms with Crippen LogP contribution in [0.25, 0.3) is 4.96 Å². The topological polar surface area (TPSA) is 43.3 Å². The molecule has 82 valence electrons. The van der Waals surface area contributed by atoms with Crippen LogP contribution < -0.4 is 5.73 Å². The third-order valence-electron chi connectivity index (χ3n) is 2.50. The van der Waals surface area contributed by atoms with Gasteiger partial charge in [0.2, 0.25) is 0 Å². The molecule has 0 saturated carbocycles. The van der Waals surface area contributed by atoms with Crippen molar-refractivity contribution >= 4 is 28.1 Å². The lowest BCUT2D eigenvalue weighted by molar-refractivity contribution is 0.627. The molecule has 0 aliphatic rings. The van der Waals surface area contributed by atoms with Crippen molar-refractivity contribution in [2.24, 2.45) is 5.73 Å². The first kappa shape index (κ1) is 11.0. The molecule has 2 aromatic rings. The van der Waals surface area contributed by atoms with Crippen molar-refractivity contribution in [2.45, 2.75) is 30.8 Å². The Labute approximate surface area is 97.7 Å². The Bertz CT molecular complexity index is 446. The molecule has 0 radical (unpaired) electrons. The molecule has 2 heterocycles. The lowest BCUT2D eigenvalue weighted by Crippen LogP contribution is -2.22. The van der Waals surface area contributed by atoms with Crippen molar-refractivity contribution in [3.8, 4) is 0 Å². The minimum absolute atomic E-state index is 0.232. The van der Waals surface area contributed by atoms with E-state index in [2.05, 4.69) is 34.1 Å². The molecule has 1 atom stereocenters. The molecule has 2 N–H and O–H groups in total. The molecular formula is C10H15N3S2. The molecule has 0 aromatic carbocycles. The summed E-state index contributed by atoms with van der Waals surface area (Å²) in [5, 5.41) is 3.18. The zero-order valence-corrected chi connectivity index (χ0v) is 10.6. The average Bonchev–Trinajstić information content (AvgIpc) is 2.80. The Balaban J connectivity index is 2.40. The smallest absolute Gasteiger partial charge is 0.194 e. The molecule has 15 heavy (non-hydrogen) atoms. The normalized spacial score (nSPS) is 13.5. The summed E-state index contributed by atoms with van der Waals surface area (Å²) in [7, 11) is 0. The molecule has 2 rings (SSSR count). The van der Waals surface area contributed by atoms with Gasteiger partial charge in [-0.2, -0.15) is 0 Å². The number of hydrogen-bond donors (Lipinski definition) is 1. The first-order valence-electron chi connectivity index (χ1n) is 5.00. The monoisotopic (exact) mass is 241 g/mol. The number of nitrogens with two attached hydrogens (primary N) is 1. The van der Waals surface area contributed by atoms with Gasteiger partial charge >= 0.3 is 0 Å². The first-order valence-corrected chi connectivity index (χ1v) is 7.10. The minimum Gasteiger partial charge on any atom is -0.327 e. The number of nitrogens with zero attached hydrogens (tertiary/aromatic N) is 2. The predicted molar refractivity (Wildman–Crippen MR) is 66.8 cm³/mol. The predicted octanol–water partition coefficient (Wildman–Crippen LogP) is 2.40. The van der Waals surface area contributed by atoms with Gasteiger partial charge in [-0.25, -0.2) is 4.98 Å². The van der Waals surface area contributed by atoms with Gasteiger partial charge in [0.05, 0.1) is 5.69 Å². The van der Waals surface area contributed by atoms with Gasteiger partial charge in [0.15, 0.2) is 4.96 Å². The number of fused-ring (bicyclic) bond motifs is 1.